The number of alkyl halides is 3. The largest absolute Gasteiger partial charge is 0.416 e. The lowest BCUT2D eigenvalue weighted by atomic mass is 10.1. The third-order valence-electron chi connectivity index (χ3n) is 5.15. The minimum atomic E-state index is -4.45. The fraction of sp³-hybridized carbons (Fsp3) is 0.348. The zero-order valence-corrected chi connectivity index (χ0v) is 18.2. The number of carbonyl (C=O) groups is 1. The Hall–Kier alpha value is -3.20. The van der Waals surface area contributed by atoms with Gasteiger partial charge in [0, 0.05) is 32.1 Å². The summed E-state index contributed by atoms with van der Waals surface area (Å²) in [6.07, 6.45) is -4.52. The highest BCUT2D eigenvalue weighted by Gasteiger charge is 2.30. The molecule has 0 radical (unpaired) electrons. The Bertz CT molecular complexity index is 1170. The van der Waals surface area contributed by atoms with Crippen molar-refractivity contribution in [3.8, 4) is 0 Å². The maximum absolute atomic E-state index is 13.2. The van der Waals surface area contributed by atoms with E-state index in [0.717, 1.165) is 12.1 Å². The molecule has 0 saturated heterocycles. The Balaban J connectivity index is 1.90. The van der Waals surface area contributed by atoms with Crippen molar-refractivity contribution in [2.75, 3.05) is 27.2 Å². The Morgan fingerprint density at radius 1 is 1.03 bits per heavy atom. The molecule has 9 heteroatoms. The predicted octanol–water partition coefficient (Wildman–Crippen LogP) is 3.09. The van der Waals surface area contributed by atoms with Crippen molar-refractivity contribution in [2.24, 2.45) is 7.05 Å². The molecule has 0 aliphatic rings. The molecule has 0 spiro atoms. The first-order valence-corrected chi connectivity index (χ1v) is 10.1. The Kier molecular flexibility index (Phi) is 6.98. The highest BCUT2D eigenvalue weighted by molar-refractivity contribution is 5.88. The molecule has 0 bridgehead atoms. The maximum atomic E-state index is 13.2. The number of hydrogen-bond donors (Lipinski definition) is 0. The van der Waals surface area contributed by atoms with Crippen LogP contribution in [-0.2, 0) is 31.0 Å². The second kappa shape index (κ2) is 9.52. The van der Waals surface area contributed by atoms with Crippen LogP contribution in [0.25, 0.3) is 10.8 Å². The Morgan fingerprint density at radius 3 is 2.38 bits per heavy atom. The molecule has 32 heavy (non-hydrogen) atoms. The van der Waals surface area contributed by atoms with Crippen LogP contribution >= 0.6 is 0 Å². The van der Waals surface area contributed by atoms with Gasteiger partial charge >= 0.3 is 6.18 Å². The van der Waals surface area contributed by atoms with Crippen molar-refractivity contribution >= 4 is 16.7 Å². The van der Waals surface area contributed by atoms with Gasteiger partial charge in [0.2, 0.25) is 5.91 Å². The van der Waals surface area contributed by atoms with Gasteiger partial charge < -0.3 is 9.80 Å². The second-order valence-corrected chi connectivity index (χ2v) is 7.91. The molecule has 1 amide bonds. The summed E-state index contributed by atoms with van der Waals surface area (Å²) in [5.41, 5.74) is -0.164. The van der Waals surface area contributed by atoms with Gasteiger partial charge in [-0.05, 0) is 37.9 Å². The van der Waals surface area contributed by atoms with Gasteiger partial charge in [-0.15, -0.1) is 0 Å². The summed E-state index contributed by atoms with van der Waals surface area (Å²) < 4.78 is 40.5. The van der Waals surface area contributed by atoms with Gasteiger partial charge in [0.15, 0.2) is 0 Å². The second-order valence-electron chi connectivity index (χ2n) is 7.91. The molecule has 0 atom stereocenters. The first-order valence-electron chi connectivity index (χ1n) is 10.1. The number of aromatic nitrogens is 2. The van der Waals surface area contributed by atoms with Crippen LogP contribution in [0.5, 0.6) is 0 Å². The first kappa shape index (κ1) is 23.5. The predicted molar refractivity (Wildman–Crippen MR) is 116 cm³/mol. The fourth-order valence-electron chi connectivity index (χ4n) is 3.44. The molecule has 2 aromatic carbocycles. The molecule has 0 aliphatic carbocycles. The number of aryl methyl sites for hydroxylation is 1. The van der Waals surface area contributed by atoms with Crippen LogP contribution in [0.15, 0.2) is 53.3 Å². The molecule has 1 heterocycles. The number of halogens is 3. The molecule has 0 unspecified atom stereocenters. The minimum Gasteiger partial charge on any atom is -0.337 e. The topological polar surface area (TPSA) is 58.4 Å². The number of benzene rings is 2. The molecule has 1 aromatic heterocycles. The van der Waals surface area contributed by atoms with E-state index >= 15 is 0 Å². The van der Waals surface area contributed by atoms with Crippen LogP contribution in [-0.4, -0.2) is 52.7 Å². The zero-order chi connectivity index (χ0) is 23.5. The van der Waals surface area contributed by atoms with Gasteiger partial charge in [-0.3, -0.25) is 9.59 Å². The van der Waals surface area contributed by atoms with E-state index in [1.165, 1.54) is 22.7 Å². The van der Waals surface area contributed by atoms with E-state index in [2.05, 4.69) is 5.10 Å². The van der Waals surface area contributed by atoms with Gasteiger partial charge in [0.25, 0.3) is 5.56 Å². The average Bonchev–Trinajstić information content (AvgIpc) is 2.74. The van der Waals surface area contributed by atoms with Crippen molar-refractivity contribution in [3.05, 3.63) is 75.7 Å². The van der Waals surface area contributed by atoms with Crippen LogP contribution < -0.4 is 5.56 Å². The molecule has 6 nitrogen and oxygen atoms in total. The first-order chi connectivity index (χ1) is 15.1. The van der Waals surface area contributed by atoms with Crippen LogP contribution in [0.1, 0.15) is 16.8 Å². The smallest absolute Gasteiger partial charge is 0.337 e. The van der Waals surface area contributed by atoms with E-state index in [1.54, 1.807) is 30.3 Å². The summed E-state index contributed by atoms with van der Waals surface area (Å²) in [7, 11) is 5.24. The summed E-state index contributed by atoms with van der Waals surface area (Å²) >= 11 is 0. The van der Waals surface area contributed by atoms with Gasteiger partial charge in [0.05, 0.1) is 23.1 Å². The third kappa shape index (κ3) is 5.53. The van der Waals surface area contributed by atoms with Crippen molar-refractivity contribution in [2.45, 2.75) is 19.1 Å². The van der Waals surface area contributed by atoms with Crippen molar-refractivity contribution in [1.82, 2.24) is 19.6 Å². The Morgan fingerprint density at radius 2 is 1.72 bits per heavy atom. The van der Waals surface area contributed by atoms with E-state index in [-0.39, 0.29) is 24.4 Å². The molecular weight excluding hydrogens is 421 g/mol. The average molecular weight is 446 g/mol. The highest BCUT2D eigenvalue weighted by Crippen LogP contribution is 2.29. The quantitative estimate of drug-likeness (QED) is 0.560. The number of amides is 1. The molecule has 0 N–H and O–H groups in total. The molecule has 0 saturated carbocycles. The van der Waals surface area contributed by atoms with E-state index in [0.29, 0.717) is 35.1 Å². The monoisotopic (exact) mass is 446 g/mol. The minimum absolute atomic E-state index is 0.0420. The summed E-state index contributed by atoms with van der Waals surface area (Å²) in [6.45, 7) is 0.929. The number of nitrogens with zero attached hydrogens (tertiary/aromatic N) is 4. The SMILES string of the molecule is CN(C)CCN(Cc1cccc(C(F)(F)F)c1)C(=O)Cc1nn(C)c(=O)c2ccccc12. The lowest BCUT2D eigenvalue weighted by molar-refractivity contribution is -0.137. The standard InChI is InChI=1S/C23H25F3N4O2/c1-28(2)11-12-30(15-16-7-6-8-17(13-16)23(24,25)26)21(31)14-20-18-9-4-5-10-19(18)22(32)29(3)27-20/h4-10,13H,11-12,14-15H2,1-3H3. The summed E-state index contributed by atoms with van der Waals surface area (Å²) in [4.78, 5) is 29.0. The normalized spacial score (nSPS) is 11.8. The number of carbonyl (C=O) groups excluding carboxylic acids is 1. The third-order valence-corrected chi connectivity index (χ3v) is 5.15. The van der Waals surface area contributed by atoms with Crippen molar-refractivity contribution < 1.29 is 18.0 Å². The van der Waals surface area contributed by atoms with Crippen molar-refractivity contribution in [1.29, 1.82) is 0 Å². The van der Waals surface area contributed by atoms with Gasteiger partial charge in [-0.2, -0.15) is 18.3 Å². The van der Waals surface area contributed by atoms with E-state index in [9.17, 15) is 22.8 Å². The van der Waals surface area contributed by atoms with E-state index in [4.69, 9.17) is 0 Å². The molecule has 3 aromatic rings. The van der Waals surface area contributed by atoms with Crippen LogP contribution in [0, 0.1) is 0 Å². The van der Waals surface area contributed by atoms with Crippen molar-refractivity contribution in [3.63, 3.8) is 0 Å². The molecule has 0 aliphatic heterocycles. The highest BCUT2D eigenvalue weighted by atomic mass is 19.4. The van der Waals surface area contributed by atoms with Gasteiger partial charge in [-0.25, -0.2) is 4.68 Å². The molecule has 3 rings (SSSR count). The summed E-state index contributed by atoms with van der Waals surface area (Å²) in [6, 6.07) is 11.9. The lowest BCUT2D eigenvalue weighted by Gasteiger charge is -2.25. The fourth-order valence-corrected chi connectivity index (χ4v) is 3.44. The van der Waals surface area contributed by atoms with Crippen LogP contribution in [0.2, 0.25) is 0 Å². The molecule has 170 valence electrons. The summed E-state index contributed by atoms with van der Waals surface area (Å²) in [5, 5.41) is 5.33. The molecule has 0 fully saturated rings. The zero-order valence-electron chi connectivity index (χ0n) is 18.2. The van der Waals surface area contributed by atoms with E-state index in [1.807, 2.05) is 19.0 Å². The van der Waals surface area contributed by atoms with Gasteiger partial charge in [-0.1, -0.05) is 30.3 Å². The lowest BCUT2D eigenvalue weighted by Crippen LogP contribution is -2.37. The van der Waals surface area contributed by atoms with E-state index < -0.39 is 11.7 Å². The number of likely N-dealkylation sites (N-methyl/N-ethyl adjacent to an activating group) is 1. The summed E-state index contributed by atoms with van der Waals surface area (Å²) in [5.74, 6) is -0.277. The molecular formula is C23H25F3N4O2. The van der Waals surface area contributed by atoms with Crippen LogP contribution in [0.4, 0.5) is 13.2 Å². The van der Waals surface area contributed by atoms with Crippen LogP contribution in [0.3, 0.4) is 0 Å². The number of rotatable bonds is 7. The Labute approximate surface area is 183 Å². The number of fused-ring (bicyclic) bond motifs is 1. The van der Waals surface area contributed by atoms with Gasteiger partial charge in [0.1, 0.15) is 0 Å². The number of hydrogen-bond acceptors (Lipinski definition) is 4. The maximum Gasteiger partial charge on any atom is 0.416 e.